The van der Waals surface area contributed by atoms with Crippen LogP contribution in [-0.2, 0) is 9.59 Å². The fourth-order valence-electron chi connectivity index (χ4n) is 2.46. The summed E-state index contributed by atoms with van der Waals surface area (Å²) in [5, 5.41) is 2.62. The number of hydrogen-bond donors (Lipinski definition) is 1. The Bertz CT molecular complexity index is 732. The van der Waals surface area contributed by atoms with Gasteiger partial charge in [0.05, 0.1) is 0 Å². The number of benzene rings is 1. The third-order valence-corrected chi connectivity index (χ3v) is 4.17. The molecule has 2 heterocycles. The molecule has 0 bridgehead atoms. The van der Waals surface area contributed by atoms with E-state index < -0.39 is 11.8 Å². The van der Waals surface area contributed by atoms with E-state index in [-0.39, 0.29) is 0 Å². The molecule has 0 saturated carbocycles. The van der Waals surface area contributed by atoms with Gasteiger partial charge in [0.2, 0.25) is 5.95 Å². The minimum Gasteiger partial charge on any atom is -0.337 e. The highest BCUT2D eigenvalue weighted by atomic mass is 79.9. The number of rotatable bonds is 2. The van der Waals surface area contributed by atoms with E-state index in [0.717, 1.165) is 4.47 Å². The van der Waals surface area contributed by atoms with E-state index in [1.807, 2.05) is 11.0 Å². The van der Waals surface area contributed by atoms with Crippen LogP contribution < -0.4 is 10.2 Å². The van der Waals surface area contributed by atoms with Crippen LogP contribution in [0.2, 0.25) is 0 Å². The molecule has 1 aliphatic rings. The molecule has 1 fully saturated rings. The maximum atomic E-state index is 12.3. The topological polar surface area (TPSA) is 78.4 Å². The van der Waals surface area contributed by atoms with E-state index >= 15 is 0 Å². The van der Waals surface area contributed by atoms with E-state index in [0.29, 0.717) is 37.8 Å². The van der Waals surface area contributed by atoms with Gasteiger partial charge in [-0.1, -0.05) is 22.0 Å². The first-order chi connectivity index (χ1) is 11.6. The smallest absolute Gasteiger partial charge is 0.313 e. The summed E-state index contributed by atoms with van der Waals surface area (Å²) in [4.78, 5) is 36.3. The first-order valence-corrected chi connectivity index (χ1v) is 8.30. The molecular formula is C16H16BrN5O2. The number of nitrogens with zero attached hydrogens (tertiary/aromatic N) is 4. The van der Waals surface area contributed by atoms with Crippen LogP contribution in [0.1, 0.15) is 0 Å². The Balaban J connectivity index is 1.56. The van der Waals surface area contributed by atoms with Crippen LogP contribution in [0, 0.1) is 0 Å². The Hall–Kier alpha value is -2.48. The first-order valence-electron chi connectivity index (χ1n) is 7.51. The van der Waals surface area contributed by atoms with Crippen LogP contribution in [0.15, 0.2) is 47.2 Å². The molecule has 1 aromatic heterocycles. The lowest BCUT2D eigenvalue weighted by atomic mass is 10.3. The number of carbonyl (C=O) groups excluding carboxylic acids is 2. The zero-order valence-corrected chi connectivity index (χ0v) is 14.4. The first kappa shape index (κ1) is 16.4. The SMILES string of the molecule is O=C(Nc1cccc(Br)c1)C(=O)N1CCN(c2ncccn2)CC1. The van der Waals surface area contributed by atoms with E-state index in [1.54, 1.807) is 41.6 Å². The van der Waals surface area contributed by atoms with Crippen LogP contribution in [0.5, 0.6) is 0 Å². The van der Waals surface area contributed by atoms with Crippen molar-refractivity contribution < 1.29 is 9.59 Å². The van der Waals surface area contributed by atoms with Gasteiger partial charge < -0.3 is 15.1 Å². The Morgan fingerprint density at radius 2 is 1.75 bits per heavy atom. The monoisotopic (exact) mass is 389 g/mol. The minimum atomic E-state index is -0.627. The molecule has 124 valence electrons. The molecule has 0 aliphatic carbocycles. The molecule has 7 nitrogen and oxygen atoms in total. The second kappa shape index (κ2) is 7.39. The predicted molar refractivity (Wildman–Crippen MR) is 93.6 cm³/mol. The van der Waals surface area contributed by atoms with Crippen molar-refractivity contribution in [2.75, 3.05) is 36.4 Å². The fourth-order valence-corrected chi connectivity index (χ4v) is 2.86. The molecule has 0 radical (unpaired) electrons. The summed E-state index contributed by atoms with van der Waals surface area (Å²) in [7, 11) is 0. The molecule has 0 unspecified atom stereocenters. The normalized spacial score (nSPS) is 14.4. The quantitative estimate of drug-likeness (QED) is 0.787. The van der Waals surface area contributed by atoms with Gasteiger partial charge in [0.15, 0.2) is 0 Å². The molecule has 0 atom stereocenters. The van der Waals surface area contributed by atoms with Gasteiger partial charge in [0, 0.05) is 48.7 Å². The molecule has 2 aromatic rings. The molecular weight excluding hydrogens is 374 g/mol. The van der Waals surface area contributed by atoms with Gasteiger partial charge >= 0.3 is 11.8 Å². The van der Waals surface area contributed by atoms with Gasteiger partial charge in [-0.25, -0.2) is 9.97 Å². The number of halogens is 1. The average Bonchev–Trinajstić information content (AvgIpc) is 2.62. The zero-order valence-electron chi connectivity index (χ0n) is 12.9. The van der Waals surface area contributed by atoms with Crippen LogP contribution in [-0.4, -0.2) is 52.9 Å². The third kappa shape index (κ3) is 3.88. The van der Waals surface area contributed by atoms with Crippen molar-refractivity contribution >= 4 is 39.4 Å². The van der Waals surface area contributed by atoms with Crippen molar-refractivity contribution in [2.45, 2.75) is 0 Å². The Morgan fingerprint density at radius 1 is 1.04 bits per heavy atom. The van der Waals surface area contributed by atoms with E-state index in [4.69, 9.17) is 0 Å². The maximum absolute atomic E-state index is 12.3. The lowest BCUT2D eigenvalue weighted by molar-refractivity contribution is -0.143. The number of carbonyl (C=O) groups is 2. The summed E-state index contributed by atoms with van der Waals surface area (Å²) in [5.41, 5.74) is 0.582. The number of piperazine rings is 1. The number of anilines is 2. The zero-order chi connectivity index (χ0) is 16.9. The Labute approximate surface area is 147 Å². The van der Waals surface area contributed by atoms with Crippen molar-refractivity contribution in [2.24, 2.45) is 0 Å². The molecule has 2 amide bonds. The summed E-state index contributed by atoms with van der Waals surface area (Å²) in [6.07, 6.45) is 3.37. The molecule has 0 spiro atoms. The number of aromatic nitrogens is 2. The second-order valence-electron chi connectivity index (χ2n) is 5.29. The second-order valence-corrected chi connectivity index (χ2v) is 6.21. The lowest BCUT2D eigenvalue weighted by Crippen LogP contribution is -2.52. The molecule has 1 saturated heterocycles. The van der Waals surface area contributed by atoms with Gasteiger partial charge in [-0.2, -0.15) is 0 Å². The van der Waals surface area contributed by atoms with E-state index in [9.17, 15) is 9.59 Å². The molecule has 24 heavy (non-hydrogen) atoms. The number of amides is 2. The molecule has 1 aromatic carbocycles. The van der Waals surface area contributed by atoms with Crippen molar-refractivity contribution in [3.63, 3.8) is 0 Å². The minimum absolute atomic E-state index is 0.461. The summed E-state index contributed by atoms with van der Waals surface area (Å²) in [5.74, 6) is -0.510. The Morgan fingerprint density at radius 3 is 2.42 bits per heavy atom. The van der Waals surface area contributed by atoms with Gasteiger partial charge in [-0.15, -0.1) is 0 Å². The van der Waals surface area contributed by atoms with Crippen molar-refractivity contribution in [3.8, 4) is 0 Å². The van der Waals surface area contributed by atoms with Gasteiger partial charge in [-0.05, 0) is 24.3 Å². The highest BCUT2D eigenvalue weighted by molar-refractivity contribution is 9.10. The van der Waals surface area contributed by atoms with Crippen LogP contribution in [0.3, 0.4) is 0 Å². The van der Waals surface area contributed by atoms with E-state index in [1.165, 1.54) is 0 Å². The summed E-state index contributed by atoms with van der Waals surface area (Å²) >= 11 is 3.33. The largest absolute Gasteiger partial charge is 0.337 e. The summed E-state index contributed by atoms with van der Waals surface area (Å²) < 4.78 is 0.837. The van der Waals surface area contributed by atoms with Gasteiger partial charge in [0.1, 0.15) is 0 Å². The highest BCUT2D eigenvalue weighted by Gasteiger charge is 2.26. The Kier molecular flexibility index (Phi) is 5.05. The van der Waals surface area contributed by atoms with Crippen molar-refractivity contribution in [1.29, 1.82) is 0 Å². The standard InChI is InChI=1S/C16H16BrN5O2/c17-12-3-1-4-13(11-12)20-14(23)15(24)21-7-9-22(10-8-21)16-18-5-2-6-19-16/h1-6,11H,7-10H2,(H,20,23). The number of hydrogen-bond acceptors (Lipinski definition) is 5. The molecule has 3 rings (SSSR count). The fraction of sp³-hybridized carbons (Fsp3) is 0.250. The van der Waals surface area contributed by atoms with Crippen LogP contribution in [0.4, 0.5) is 11.6 Å². The van der Waals surface area contributed by atoms with Crippen LogP contribution >= 0.6 is 15.9 Å². The maximum Gasteiger partial charge on any atom is 0.313 e. The van der Waals surface area contributed by atoms with Gasteiger partial charge in [-0.3, -0.25) is 9.59 Å². The predicted octanol–water partition coefficient (Wildman–Crippen LogP) is 1.53. The van der Waals surface area contributed by atoms with Crippen LogP contribution in [0.25, 0.3) is 0 Å². The molecule has 8 heteroatoms. The van der Waals surface area contributed by atoms with Crippen molar-refractivity contribution in [3.05, 3.63) is 47.2 Å². The highest BCUT2D eigenvalue weighted by Crippen LogP contribution is 2.16. The van der Waals surface area contributed by atoms with E-state index in [2.05, 4.69) is 31.2 Å². The number of nitrogens with one attached hydrogen (secondary N) is 1. The third-order valence-electron chi connectivity index (χ3n) is 3.68. The summed E-state index contributed by atoms with van der Waals surface area (Å²) in [6.45, 7) is 2.12. The van der Waals surface area contributed by atoms with Gasteiger partial charge in [0.25, 0.3) is 0 Å². The summed E-state index contributed by atoms with van der Waals surface area (Å²) in [6, 6.07) is 8.89. The van der Waals surface area contributed by atoms with Crippen molar-refractivity contribution in [1.82, 2.24) is 14.9 Å². The molecule has 1 aliphatic heterocycles. The molecule has 1 N–H and O–H groups in total. The average molecular weight is 390 g/mol. The lowest BCUT2D eigenvalue weighted by Gasteiger charge is -2.34.